The fourth-order valence-corrected chi connectivity index (χ4v) is 1.27. The highest BCUT2D eigenvalue weighted by Crippen LogP contribution is 2.24. The van der Waals surface area contributed by atoms with Crippen LogP contribution in [0.15, 0.2) is 18.2 Å². The molecule has 2 N–H and O–H groups in total. The number of phenolic OH excluding ortho intramolecular Hbond substituents is 1. The number of benzene rings is 1. The second-order valence-corrected chi connectivity index (χ2v) is 3.46. The lowest BCUT2D eigenvalue weighted by atomic mass is 10.1. The number of amides is 1. The van der Waals surface area contributed by atoms with E-state index in [0.29, 0.717) is 12.0 Å². The van der Waals surface area contributed by atoms with Gasteiger partial charge in [-0.2, -0.15) is 0 Å². The summed E-state index contributed by atoms with van der Waals surface area (Å²) in [7, 11) is 0. The van der Waals surface area contributed by atoms with Crippen LogP contribution >= 0.6 is 11.6 Å². The predicted octanol–water partition coefficient (Wildman–Crippen LogP) is 2.16. The monoisotopic (exact) mass is 241 g/mol. The molecule has 0 heterocycles. The number of aromatic hydroxyl groups is 1. The van der Waals surface area contributed by atoms with Gasteiger partial charge in [0, 0.05) is 12.0 Å². The van der Waals surface area contributed by atoms with Gasteiger partial charge in [0.25, 0.3) is 0 Å². The molecule has 0 aliphatic carbocycles. The number of carbonyl (C=O) groups is 2. The zero-order chi connectivity index (χ0) is 12.1. The van der Waals surface area contributed by atoms with Crippen LogP contribution in [0.2, 0.25) is 0 Å². The summed E-state index contributed by atoms with van der Waals surface area (Å²) in [6.45, 7) is 1.74. The summed E-state index contributed by atoms with van der Waals surface area (Å²) >= 11 is 5.31. The first-order valence-electron chi connectivity index (χ1n) is 4.80. The number of ketones is 1. The van der Waals surface area contributed by atoms with Crippen molar-refractivity contribution in [1.29, 1.82) is 0 Å². The van der Waals surface area contributed by atoms with Crippen molar-refractivity contribution in [3.63, 3.8) is 0 Å². The van der Waals surface area contributed by atoms with Crippen LogP contribution in [0, 0.1) is 0 Å². The fraction of sp³-hybridized carbons (Fsp3) is 0.273. The van der Waals surface area contributed by atoms with E-state index in [-0.39, 0.29) is 23.1 Å². The van der Waals surface area contributed by atoms with E-state index >= 15 is 0 Å². The summed E-state index contributed by atoms with van der Waals surface area (Å²) in [5.74, 6) is -0.801. The van der Waals surface area contributed by atoms with E-state index in [1.807, 2.05) is 0 Å². The van der Waals surface area contributed by atoms with Gasteiger partial charge in [-0.25, -0.2) is 0 Å². The van der Waals surface area contributed by atoms with E-state index in [2.05, 4.69) is 5.32 Å². The van der Waals surface area contributed by atoms with Crippen molar-refractivity contribution in [3.8, 4) is 5.75 Å². The van der Waals surface area contributed by atoms with E-state index < -0.39 is 5.91 Å². The van der Waals surface area contributed by atoms with Crippen LogP contribution in [-0.2, 0) is 4.79 Å². The summed E-state index contributed by atoms with van der Waals surface area (Å²) in [5.41, 5.74) is 0.669. The smallest absolute Gasteiger partial charge is 0.239 e. The number of rotatable bonds is 4. The second kappa shape index (κ2) is 5.51. The number of alkyl halides is 1. The van der Waals surface area contributed by atoms with Gasteiger partial charge < -0.3 is 10.4 Å². The summed E-state index contributed by atoms with van der Waals surface area (Å²) < 4.78 is 0. The van der Waals surface area contributed by atoms with Crippen LogP contribution in [0.3, 0.4) is 0 Å². The van der Waals surface area contributed by atoms with Gasteiger partial charge in [-0.3, -0.25) is 9.59 Å². The Kier molecular flexibility index (Phi) is 4.31. The topological polar surface area (TPSA) is 66.4 Å². The molecular weight excluding hydrogens is 230 g/mol. The Morgan fingerprint density at radius 1 is 1.44 bits per heavy atom. The van der Waals surface area contributed by atoms with Crippen LogP contribution in [0.4, 0.5) is 5.69 Å². The first-order valence-corrected chi connectivity index (χ1v) is 5.34. The Morgan fingerprint density at radius 3 is 2.62 bits per heavy atom. The molecule has 0 saturated heterocycles. The summed E-state index contributed by atoms with van der Waals surface area (Å²) in [6, 6.07) is 4.35. The Labute approximate surface area is 98.2 Å². The van der Waals surface area contributed by atoms with Crippen molar-refractivity contribution in [2.45, 2.75) is 13.3 Å². The van der Waals surface area contributed by atoms with E-state index in [1.165, 1.54) is 12.1 Å². The molecule has 0 saturated carbocycles. The Hall–Kier alpha value is -1.55. The minimum absolute atomic E-state index is 0.0643. The first kappa shape index (κ1) is 12.5. The normalized spacial score (nSPS) is 9.88. The minimum atomic E-state index is -0.411. The highest BCUT2D eigenvalue weighted by molar-refractivity contribution is 6.29. The molecule has 0 unspecified atom stereocenters. The molecule has 1 aromatic rings. The lowest BCUT2D eigenvalue weighted by molar-refractivity contribution is -0.113. The van der Waals surface area contributed by atoms with E-state index in [1.54, 1.807) is 13.0 Å². The van der Waals surface area contributed by atoms with Crippen molar-refractivity contribution in [2.24, 2.45) is 0 Å². The Bertz CT molecular complexity index is 418. The second-order valence-electron chi connectivity index (χ2n) is 3.19. The average molecular weight is 242 g/mol. The van der Waals surface area contributed by atoms with E-state index in [4.69, 9.17) is 11.6 Å². The fourth-order valence-electron chi connectivity index (χ4n) is 1.20. The first-order chi connectivity index (χ1) is 7.58. The van der Waals surface area contributed by atoms with Gasteiger partial charge in [0.15, 0.2) is 5.78 Å². The number of hydrogen-bond acceptors (Lipinski definition) is 3. The highest BCUT2D eigenvalue weighted by atomic mass is 35.5. The summed E-state index contributed by atoms with van der Waals surface area (Å²) in [6.07, 6.45) is 0.368. The predicted molar refractivity (Wildman–Crippen MR) is 62.1 cm³/mol. The van der Waals surface area contributed by atoms with Crippen molar-refractivity contribution in [1.82, 2.24) is 0 Å². The number of anilines is 1. The van der Waals surface area contributed by atoms with Crippen molar-refractivity contribution in [3.05, 3.63) is 23.8 Å². The van der Waals surface area contributed by atoms with Crippen LogP contribution in [0.1, 0.15) is 23.7 Å². The molecule has 0 atom stereocenters. The van der Waals surface area contributed by atoms with Crippen molar-refractivity contribution >= 4 is 29.0 Å². The maximum atomic E-state index is 11.3. The Morgan fingerprint density at radius 2 is 2.12 bits per heavy atom. The molecule has 1 rings (SSSR count). The van der Waals surface area contributed by atoms with Gasteiger partial charge in [0.05, 0.1) is 5.69 Å². The molecule has 5 heteroatoms. The number of phenols is 1. The molecule has 0 aliphatic heterocycles. The minimum Gasteiger partial charge on any atom is -0.506 e. The molecule has 0 aliphatic rings. The molecule has 86 valence electrons. The van der Waals surface area contributed by atoms with E-state index in [0.717, 1.165) is 0 Å². The van der Waals surface area contributed by atoms with Gasteiger partial charge in [-0.1, -0.05) is 6.92 Å². The molecule has 0 radical (unpaired) electrons. The number of Topliss-reactive ketones (excluding diaryl/α,β-unsaturated/α-hetero) is 1. The summed E-state index contributed by atoms with van der Waals surface area (Å²) in [5, 5.41) is 12.0. The maximum Gasteiger partial charge on any atom is 0.239 e. The molecule has 1 amide bonds. The quantitative estimate of drug-likeness (QED) is 0.482. The zero-order valence-corrected chi connectivity index (χ0v) is 9.54. The van der Waals surface area contributed by atoms with Gasteiger partial charge in [0.2, 0.25) is 5.91 Å². The molecular formula is C11H12ClNO3. The zero-order valence-electron chi connectivity index (χ0n) is 8.79. The third-order valence-corrected chi connectivity index (χ3v) is 2.28. The SMILES string of the molecule is CCC(=O)c1ccc(NC(=O)CCl)c(O)c1. The molecule has 4 nitrogen and oxygen atoms in total. The molecule has 0 fully saturated rings. The third-order valence-electron chi connectivity index (χ3n) is 2.04. The van der Waals surface area contributed by atoms with Crippen LogP contribution < -0.4 is 5.32 Å². The number of nitrogens with one attached hydrogen (secondary N) is 1. The van der Waals surface area contributed by atoms with Gasteiger partial charge in [-0.15, -0.1) is 11.6 Å². The highest BCUT2D eigenvalue weighted by Gasteiger charge is 2.09. The van der Waals surface area contributed by atoms with Crippen LogP contribution in [-0.4, -0.2) is 22.7 Å². The van der Waals surface area contributed by atoms with Gasteiger partial charge in [0.1, 0.15) is 11.6 Å². The lowest BCUT2D eigenvalue weighted by Gasteiger charge is -2.07. The number of carbonyl (C=O) groups excluding carboxylic acids is 2. The van der Waals surface area contributed by atoms with Crippen molar-refractivity contribution < 1.29 is 14.7 Å². The number of hydrogen-bond donors (Lipinski definition) is 2. The molecule has 0 aromatic heterocycles. The molecule has 0 spiro atoms. The van der Waals surface area contributed by atoms with Gasteiger partial charge >= 0.3 is 0 Å². The van der Waals surface area contributed by atoms with E-state index in [9.17, 15) is 14.7 Å². The molecule has 1 aromatic carbocycles. The van der Waals surface area contributed by atoms with Crippen LogP contribution in [0.5, 0.6) is 5.75 Å². The van der Waals surface area contributed by atoms with Gasteiger partial charge in [-0.05, 0) is 18.2 Å². The third kappa shape index (κ3) is 2.97. The molecule has 16 heavy (non-hydrogen) atoms. The maximum absolute atomic E-state index is 11.3. The van der Waals surface area contributed by atoms with Crippen LogP contribution in [0.25, 0.3) is 0 Å². The molecule has 0 bridgehead atoms. The standard InChI is InChI=1S/C11H12ClNO3/c1-2-9(14)7-3-4-8(10(15)5-7)13-11(16)6-12/h3-5,15H,2,6H2,1H3,(H,13,16). The number of halogens is 1. The van der Waals surface area contributed by atoms with Crippen molar-refractivity contribution in [2.75, 3.05) is 11.2 Å². The summed E-state index contributed by atoms with van der Waals surface area (Å²) in [4.78, 5) is 22.3. The largest absolute Gasteiger partial charge is 0.506 e. The Balaban J connectivity index is 2.91. The lowest BCUT2D eigenvalue weighted by Crippen LogP contribution is -2.12. The average Bonchev–Trinajstić information content (AvgIpc) is 2.30.